The Labute approximate surface area is 95.5 Å². The average Bonchev–Trinajstić information content (AvgIpc) is 2.81. The quantitative estimate of drug-likeness (QED) is 0.192. The van der Waals surface area contributed by atoms with Crippen LogP contribution in [0, 0.1) is 0 Å². The molecule has 1 saturated heterocycles. The summed E-state index contributed by atoms with van der Waals surface area (Å²) >= 11 is 0. The van der Waals surface area contributed by atoms with Gasteiger partial charge in [0.05, 0.1) is 0 Å². The summed E-state index contributed by atoms with van der Waals surface area (Å²) in [6.45, 7) is 3.09. The Balaban J connectivity index is 2.00. The van der Waals surface area contributed by atoms with Gasteiger partial charge in [0.15, 0.2) is 0 Å². The van der Waals surface area contributed by atoms with Crippen molar-refractivity contribution < 1.29 is 10.0 Å². The van der Waals surface area contributed by atoms with Gasteiger partial charge in [0.25, 0.3) is 0 Å². The summed E-state index contributed by atoms with van der Waals surface area (Å²) in [5, 5.41) is 14.2. The van der Waals surface area contributed by atoms with E-state index in [0.29, 0.717) is 25.9 Å². The predicted molar refractivity (Wildman–Crippen MR) is 61.3 cm³/mol. The summed E-state index contributed by atoms with van der Waals surface area (Å²) in [5.41, 5.74) is 5.30. The monoisotopic (exact) mass is 228 g/mol. The number of rotatable bonds is 6. The van der Waals surface area contributed by atoms with Gasteiger partial charge in [0, 0.05) is 39.0 Å². The number of oxime groups is 1. The lowest BCUT2D eigenvalue weighted by molar-refractivity contribution is -0.130. The molecule has 0 aromatic heterocycles. The van der Waals surface area contributed by atoms with Crippen molar-refractivity contribution in [2.24, 2.45) is 10.9 Å². The summed E-state index contributed by atoms with van der Waals surface area (Å²) in [7, 11) is 0. The third-order valence-electron chi connectivity index (χ3n) is 2.66. The van der Waals surface area contributed by atoms with Crippen molar-refractivity contribution in [3.63, 3.8) is 0 Å². The number of likely N-dealkylation sites (tertiary alicyclic amines) is 1. The normalized spacial score (nSPS) is 16.8. The van der Waals surface area contributed by atoms with Crippen LogP contribution < -0.4 is 11.1 Å². The number of nitrogens with zero attached hydrogens (tertiary/aromatic N) is 2. The number of nitrogens with two attached hydrogens (primary N) is 1. The van der Waals surface area contributed by atoms with Gasteiger partial charge in [0.2, 0.25) is 5.91 Å². The van der Waals surface area contributed by atoms with Crippen molar-refractivity contribution in [2.75, 3.05) is 26.2 Å². The van der Waals surface area contributed by atoms with E-state index in [1.165, 1.54) is 0 Å². The summed E-state index contributed by atoms with van der Waals surface area (Å²) in [6, 6.07) is 0. The van der Waals surface area contributed by atoms with Crippen LogP contribution in [0.15, 0.2) is 5.16 Å². The number of amides is 1. The van der Waals surface area contributed by atoms with Crippen LogP contribution in [0.2, 0.25) is 0 Å². The molecular formula is C10H20N4O2. The van der Waals surface area contributed by atoms with Gasteiger partial charge in [-0.25, -0.2) is 0 Å². The van der Waals surface area contributed by atoms with Gasteiger partial charge >= 0.3 is 0 Å². The summed E-state index contributed by atoms with van der Waals surface area (Å²) < 4.78 is 0. The second kappa shape index (κ2) is 7.05. The second-order valence-electron chi connectivity index (χ2n) is 3.93. The third-order valence-corrected chi connectivity index (χ3v) is 2.66. The Morgan fingerprint density at radius 2 is 1.94 bits per heavy atom. The van der Waals surface area contributed by atoms with Crippen LogP contribution in [0.5, 0.6) is 0 Å². The van der Waals surface area contributed by atoms with Crippen LogP contribution in [0.4, 0.5) is 0 Å². The Bertz CT molecular complexity index is 249. The minimum Gasteiger partial charge on any atom is -0.409 e. The van der Waals surface area contributed by atoms with Crippen molar-refractivity contribution in [1.82, 2.24) is 10.2 Å². The maximum Gasteiger partial charge on any atom is 0.223 e. The molecule has 0 atom stereocenters. The molecule has 6 nitrogen and oxygen atoms in total. The van der Waals surface area contributed by atoms with Gasteiger partial charge in [0.1, 0.15) is 5.84 Å². The molecule has 0 aromatic rings. The fraction of sp³-hybridized carbons (Fsp3) is 0.800. The first-order valence-corrected chi connectivity index (χ1v) is 5.69. The Kier molecular flexibility index (Phi) is 5.63. The molecular weight excluding hydrogens is 208 g/mol. The minimum atomic E-state index is 0.207. The van der Waals surface area contributed by atoms with Crippen molar-refractivity contribution in [1.29, 1.82) is 0 Å². The van der Waals surface area contributed by atoms with Gasteiger partial charge in [-0.3, -0.25) is 4.79 Å². The molecule has 92 valence electrons. The van der Waals surface area contributed by atoms with Crippen LogP contribution in [-0.4, -0.2) is 48.0 Å². The van der Waals surface area contributed by atoms with Gasteiger partial charge in [-0.15, -0.1) is 0 Å². The molecule has 1 fully saturated rings. The number of nitrogens with one attached hydrogen (secondary N) is 1. The van der Waals surface area contributed by atoms with Crippen LogP contribution in [0.3, 0.4) is 0 Å². The highest BCUT2D eigenvalue weighted by Gasteiger charge is 2.16. The lowest BCUT2D eigenvalue weighted by Gasteiger charge is -2.15. The van der Waals surface area contributed by atoms with E-state index < -0.39 is 0 Å². The smallest absolute Gasteiger partial charge is 0.223 e. The minimum absolute atomic E-state index is 0.207. The maximum atomic E-state index is 11.6. The lowest BCUT2D eigenvalue weighted by atomic mass is 10.3. The number of hydrogen-bond acceptors (Lipinski definition) is 4. The summed E-state index contributed by atoms with van der Waals surface area (Å²) in [5.74, 6) is 0.423. The Hall–Kier alpha value is -1.30. The summed E-state index contributed by atoms with van der Waals surface area (Å²) in [4.78, 5) is 13.5. The first kappa shape index (κ1) is 12.8. The molecule has 6 heteroatoms. The average molecular weight is 228 g/mol. The van der Waals surface area contributed by atoms with Crippen LogP contribution >= 0.6 is 0 Å². The molecule has 1 aliphatic rings. The zero-order chi connectivity index (χ0) is 11.8. The standard InChI is InChI=1S/C10H20N4O2/c11-9(13-16)3-5-12-6-4-10(15)14-7-1-2-8-14/h12,16H,1-8H2,(H2,11,13). The van der Waals surface area contributed by atoms with E-state index in [1.54, 1.807) is 0 Å². The number of carbonyl (C=O) groups excluding carboxylic acids is 1. The van der Waals surface area contributed by atoms with Crippen LogP contribution in [0.1, 0.15) is 25.7 Å². The van der Waals surface area contributed by atoms with Crippen molar-refractivity contribution in [3.05, 3.63) is 0 Å². The van der Waals surface area contributed by atoms with Gasteiger partial charge < -0.3 is 21.2 Å². The van der Waals surface area contributed by atoms with E-state index in [0.717, 1.165) is 25.9 Å². The molecule has 0 saturated carbocycles. The van der Waals surface area contributed by atoms with Crippen molar-refractivity contribution in [3.8, 4) is 0 Å². The number of hydrogen-bond donors (Lipinski definition) is 3. The number of carbonyl (C=O) groups is 1. The fourth-order valence-electron chi connectivity index (χ4n) is 1.71. The van der Waals surface area contributed by atoms with Crippen molar-refractivity contribution >= 4 is 11.7 Å². The molecule has 0 radical (unpaired) electrons. The molecule has 1 heterocycles. The van der Waals surface area contributed by atoms with E-state index in [9.17, 15) is 4.79 Å². The molecule has 0 aliphatic carbocycles. The van der Waals surface area contributed by atoms with E-state index in [4.69, 9.17) is 10.9 Å². The van der Waals surface area contributed by atoms with E-state index in [2.05, 4.69) is 10.5 Å². The van der Waals surface area contributed by atoms with Crippen molar-refractivity contribution in [2.45, 2.75) is 25.7 Å². The molecule has 0 aromatic carbocycles. The Morgan fingerprint density at radius 3 is 2.56 bits per heavy atom. The van der Waals surface area contributed by atoms with Crippen LogP contribution in [-0.2, 0) is 4.79 Å². The molecule has 1 rings (SSSR count). The van der Waals surface area contributed by atoms with Gasteiger partial charge in [-0.1, -0.05) is 5.16 Å². The first-order chi connectivity index (χ1) is 7.74. The molecule has 0 unspecified atom stereocenters. The highest BCUT2D eigenvalue weighted by molar-refractivity contribution is 5.79. The van der Waals surface area contributed by atoms with E-state index >= 15 is 0 Å². The maximum absolute atomic E-state index is 11.6. The SMILES string of the molecule is NC(CCNCCC(=O)N1CCCC1)=NO. The summed E-state index contributed by atoms with van der Waals surface area (Å²) in [6.07, 6.45) is 3.27. The Morgan fingerprint density at radius 1 is 1.31 bits per heavy atom. The van der Waals surface area contributed by atoms with E-state index in [1.807, 2.05) is 4.90 Å². The van der Waals surface area contributed by atoms with Crippen LogP contribution in [0.25, 0.3) is 0 Å². The molecule has 4 N–H and O–H groups in total. The first-order valence-electron chi connectivity index (χ1n) is 5.69. The van der Waals surface area contributed by atoms with E-state index in [-0.39, 0.29) is 11.7 Å². The topological polar surface area (TPSA) is 91.0 Å². The highest BCUT2D eigenvalue weighted by Crippen LogP contribution is 2.08. The fourth-order valence-corrected chi connectivity index (χ4v) is 1.71. The highest BCUT2D eigenvalue weighted by atomic mass is 16.4. The zero-order valence-electron chi connectivity index (χ0n) is 9.48. The molecule has 1 amide bonds. The van der Waals surface area contributed by atoms with Gasteiger partial charge in [-0.2, -0.15) is 0 Å². The number of amidine groups is 1. The third kappa shape index (κ3) is 4.48. The van der Waals surface area contributed by atoms with Gasteiger partial charge in [-0.05, 0) is 12.8 Å². The molecule has 16 heavy (non-hydrogen) atoms. The largest absolute Gasteiger partial charge is 0.409 e. The lowest BCUT2D eigenvalue weighted by Crippen LogP contribution is -2.31. The predicted octanol–water partition coefficient (Wildman–Crippen LogP) is -0.275. The molecule has 0 spiro atoms. The molecule has 1 aliphatic heterocycles. The zero-order valence-corrected chi connectivity index (χ0v) is 9.48. The second-order valence-corrected chi connectivity index (χ2v) is 3.93. The molecule has 0 bridgehead atoms.